The van der Waals surface area contributed by atoms with Gasteiger partial charge in [-0.15, -0.1) is 0 Å². The maximum absolute atomic E-state index is 12.7. The molecule has 7 heteroatoms. The quantitative estimate of drug-likeness (QED) is 0.681. The number of likely N-dealkylation sites (tertiary alicyclic amines) is 1. The minimum atomic E-state index is -1.14. The molecule has 3 N–H and O–H groups in total. The van der Waals surface area contributed by atoms with Gasteiger partial charge in [-0.3, -0.25) is 4.79 Å². The third-order valence-electron chi connectivity index (χ3n) is 4.43. The molecule has 0 saturated carbocycles. The van der Waals surface area contributed by atoms with Gasteiger partial charge in [-0.25, -0.2) is 0 Å². The number of carbonyl (C=O) groups excluding carboxylic acids is 1. The molecule has 1 atom stereocenters. The Balaban J connectivity index is 1.52. The zero-order valence-electron chi connectivity index (χ0n) is 12.9. The molecule has 1 aromatic carbocycles. The number of hydrogen-bond donors (Lipinski definition) is 3. The van der Waals surface area contributed by atoms with Gasteiger partial charge in [0, 0.05) is 18.7 Å². The fourth-order valence-corrected chi connectivity index (χ4v) is 3.08. The molecule has 1 aliphatic rings. The molecule has 0 radical (unpaired) electrons. The molecule has 1 aliphatic heterocycles. The Morgan fingerprint density at radius 1 is 1.21 bits per heavy atom. The SMILES string of the molecule is O=C(c1ccc(-c2ccccc2)[nH]1)N1CC[C@@](O)(c2cn[nH]n2)C1. The van der Waals surface area contributed by atoms with Crippen molar-refractivity contribution in [3.05, 3.63) is 60.0 Å². The average Bonchev–Trinajstić information content (AvgIpc) is 3.36. The maximum Gasteiger partial charge on any atom is 0.270 e. The molecule has 0 aliphatic carbocycles. The van der Waals surface area contributed by atoms with Gasteiger partial charge >= 0.3 is 0 Å². The number of rotatable bonds is 3. The highest BCUT2D eigenvalue weighted by molar-refractivity contribution is 5.93. The molecule has 1 saturated heterocycles. The average molecular weight is 323 g/mol. The highest BCUT2D eigenvalue weighted by Gasteiger charge is 2.41. The van der Waals surface area contributed by atoms with Crippen molar-refractivity contribution in [1.82, 2.24) is 25.3 Å². The third-order valence-corrected chi connectivity index (χ3v) is 4.43. The van der Waals surface area contributed by atoms with Crippen LogP contribution in [-0.4, -0.2) is 49.4 Å². The summed E-state index contributed by atoms with van der Waals surface area (Å²) in [5, 5.41) is 20.9. The van der Waals surface area contributed by atoms with Crippen molar-refractivity contribution in [3.8, 4) is 11.3 Å². The van der Waals surface area contributed by atoms with Gasteiger partial charge in [0.15, 0.2) is 0 Å². The lowest BCUT2D eigenvalue weighted by Gasteiger charge is -2.20. The van der Waals surface area contributed by atoms with Gasteiger partial charge < -0.3 is 15.0 Å². The van der Waals surface area contributed by atoms with Crippen LogP contribution in [0.4, 0.5) is 0 Å². The number of β-amino-alcohol motifs (C(OH)–C–C–N with tert-alkyl or cyclic N) is 1. The summed E-state index contributed by atoms with van der Waals surface area (Å²) in [5.41, 5.74) is 1.76. The molecule has 24 heavy (non-hydrogen) atoms. The first-order valence-corrected chi connectivity index (χ1v) is 7.78. The van der Waals surface area contributed by atoms with Gasteiger partial charge in [-0.1, -0.05) is 30.3 Å². The number of carbonyl (C=O) groups is 1. The number of benzene rings is 1. The largest absolute Gasteiger partial charge is 0.381 e. The van der Waals surface area contributed by atoms with Crippen molar-refractivity contribution in [2.75, 3.05) is 13.1 Å². The lowest BCUT2D eigenvalue weighted by Crippen LogP contribution is -2.34. The van der Waals surface area contributed by atoms with Crippen LogP contribution in [0.15, 0.2) is 48.7 Å². The molecule has 7 nitrogen and oxygen atoms in total. The van der Waals surface area contributed by atoms with Crippen molar-refractivity contribution in [2.24, 2.45) is 0 Å². The summed E-state index contributed by atoms with van der Waals surface area (Å²) in [6.45, 7) is 0.680. The Morgan fingerprint density at radius 2 is 2.04 bits per heavy atom. The topological polar surface area (TPSA) is 97.9 Å². The van der Waals surface area contributed by atoms with E-state index in [4.69, 9.17) is 0 Å². The van der Waals surface area contributed by atoms with Crippen LogP contribution in [0, 0.1) is 0 Å². The van der Waals surface area contributed by atoms with E-state index in [-0.39, 0.29) is 12.5 Å². The minimum Gasteiger partial charge on any atom is -0.381 e. The monoisotopic (exact) mass is 323 g/mol. The second kappa shape index (κ2) is 5.61. The smallest absolute Gasteiger partial charge is 0.270 e. The Kier molecular flexibility index (Phi) is 3.42. The highest BCUT2D eigenvalue weighted by atomic mass is 16.3. The van der Waals surface area contributed by atoms with Crippen LogP contribution in [0.25, 0.3) is 11.3 Å². The fourth-order valence-electron chi connectivity index (χ4n) is 3.08. The molecule has 0 bridgehead atoms. The number of hydrogen-bond acceptors (Lipinski definition) is 4. The fraction of sp³-hybridized carbons (Fsp3) is 0.235. The Bertz CT molecular complexity index is 843. The Morgan fingerprint density at radius 3 is 2.79 bits per heavy atom. The van der Waals surface area contributed by atoms with Gasteiger partial charge in [0.05, 0.1) is 12.7 Å². The molecule has 3 aromatic rings. The van der Waals surface area contributed by atoms with E-state index in [0.29, 0.717) is 24.4 Å². The highest BCUT2D eigenvalue weighted by Crippen LogP contribution is 2.31. The lowest BCUT2D eigenvalue weighted by atomic mass is 10.00. The molecule has 2 aromatic heterocycles. The maximum atomic E-state index is 12.7. The third kappa shape index (κ3) is 2.48. The van der Waals surface area contributed by atoms with E-state index in [1.807, 2.05) is 36.4 Å². The first kappa shape index (κ1) is 14.6. The Hall–Kier alpha value is -2.93. The molecule has 1 fully saturated rings. The van der Waals surface area contributed by atoms with E-state index in [2.05, 4.69) is 20.4 Å². The normalized spacial score (nSPS) is 20.5. The number of aromatic nitrogens is 4. The molecular formula is C17H17N5O2. The minimum absolute atomic E-state index is 0.128. The zero-order chi connectivity index (χ0) is 16.6. The zero-order valence-corrected chi connectivity index (χ0v) is 12.9. The van der Waals surface area contributed by atoms with E-state index in [9.17, 15) is 9.90 Å². The first-order chi connectivity index (χ1) is 11.7. The summed E-state index contributed by atoms with van der Waals surface area (Å²) in [4.78, 5) is 17.5. The van der Waals surface area contributed by atoms with Gasteiger partial charge in [-0.05, 0) is 17.7 Å². The van der Waals surface area contributed by atoms with Crippen LogP contribution >= 0.6 is 0 Å². The van der Waals surface area contributed by atoms with Gasteiger partial charge in [-0.2, -0.15) is 15.4 Å². The van der Waals surface area contributed by atoms with Gasteiger partial charge in [0.2, 0.25) is 0 Å². The van der Waals surface area contributed by atoms with Crippen molar-refractivity contribution >= 4 is 5.91 Å². The van der Waals surface area contributed by atoms with Crippen molar-refractivity contribution in [3.63, 3.8) is 0 Å². The Labute approximate surface area is 138 Å². The molecular weight excluding hydrogens is 306 g/mol. The second-order valence-corrected chi connectivity index (χ2v) is 6.02. The van der Waals surface area contributed by atoms with E-state index in [1.165, 1.54) is 6.20 Å². The summed E-state index contributed by atoms with van der Waals surface area (Å²) >= 11 is 0. The molecule has 1 amide bonds. The molecule has 122 valence electrons. The van der Waals surface area contributed by atoms with Gasteiger partial charge in [0.1, 0.15) is 17.0 Å². The van der Waals surface area contributed by atoms with Crippen LogP contribution in [0.1, 0.15) is 22.6 Å². The van der Waals surface area contributed by atoms with E-state index in [0.717, 1.165) is 11.3 Å². The summed E-state index contributed by atoms with van der Waals surface area (Å²) < 4.78 is 0. The van der Waals surface area contributed by atoms with Crippen LogP contribution in [0.3, 0.4) is 0 Å². The van der Waals surface area contributed by atoms with Crippen LogP contribution < -0.4 is 0 Å². The van der Waals surface area contributed by atoms with E-state index < -0.39 is 5.60 Å². The second-order valence-electron chi connectivity index (χ2n) is 6.02. The van der Waals surface area contributed by atoms with E-state index >= 15 is 0 Å². The molecule has 3 heterocycles. The number of amides is 1. The molecule has 4 rings (SSSR count). The predicted molar refractivity (Wildman–Crippen MR) is 87.0 cm³/mol. The molecule has 0 unspecified atom stereocenters. The number of aliphatic hydroxyl groups is 1. The van der Waals surface area contributed by atoms with Crippen molar-refractivity contribution in [1.29, 1.82) is 0 Å². The summed E-state index contributed by atoms with van der Waals surface area (Å²) in [5.74, 6) is -0.128. The summed E-state index contributed by atoms with van der Waals surface area (Å²) in [7, 11) is 0. The lowest BCUT2D eigenvalue weighted by molar-refractivity contribution is 0.0380. The van der Waals surface area contributed by atoms with Crippen LogP contribution in [0.2, 0.25) is 0 Å². The van der Waals surface area contributed by atoms with Crippen molar-refractivity contribution < 1.29 is 9.90 Å². The van der Waals surface area contributed by atoms with Crippen molar-refractivity contribution in [2.45, 2.75) is 12.0 Å². The number of nitrogens with one attached hydrogen (secondary N) is 2. The predicted octanol–water partition coefficient (Wildman–Crippen LogP) is 1.53. The number of H-pyrrole nitrogens is 2. The summed E-state index contributed by atoms with van der Waals surface area (Å²) in [6, 6.07) is 13.5. The summed E-state index contributed by atoms with van der Waals surface area (Å²) in [6.07, 6.45) is 1.94. The van der Waals surface area contributed by atoms with E-state index in [1.54, 1.807) is 11.0 Å². The van der Waals surface area contributed by atoms with Crippen LogP contribution in [-0.2, 0) is 5.60 Å². The first-order valence-electron chi connectivity index (χ1n) is 7.78. The number of nitrogens with zero attached hydrogens (tertiary/aromatic N) is 3. The standard InChI is InChI=1S/C17H17N5O2/c23-16(14-7-6-13(19-14)12-4-2-1-3-5-12)22-9-8-17(24,11-22)15-10-18-21-20-15/h1-7,10,19,24H,8-9,11H2,(H,18,20,21)/t17-/m0/s1. The number of aromatic amines is 2. The van der Waals surface area contributed by atoms with Crippen LogP contribution in [0.5, 0.6) is 0 Å². The molecule has 0 spiro atoms. The van der Waals surface area contributed by atoms with Gasteiger partial charge in [0.25, 0.3) is 5.91 Å².